The van der Waals surface area contributed by atoms with Gasteiger partial charge in [-0.3, -0.25) is 4.90 Å². The maximum atomic E-state index is 12.5. The molecule has 4 heteroatoms. The molecule has 0 aromatic heterocycles. The molecule has 0 atom stereocenters. The number of amides is 2. The van der Waals surface area contributed by atoms with Crippen LogP contribution in [0.4, 0.5) is 16.2 Å². The average Bonchev–Trinajstić information content (AvgIpc) is 2.39. The second-order valence-corrected chi connectivity index (χ2v) is 5.66. The molecule has 0 bridgehead atoms. The third kappa shape index (κ3) is 3.61. The lowest BCUT2D eigenvalue weighted by Gasteiger charge is -2.27. The predicted molar refractivity (Wildman–Crippen MR) is 87.2 cm³/mol. The normalized spacial score (nSPS) is 10.4. The van der Waals surface area contributed by atoms with E-state index in [4.69, 9.17) is 0 Å². The third-order valence-electron chi connectivity index (χ3n) is 2.85. The molecule has 104 valence electrons. The van der Waals surface area contributed by atoms with Crippen molar-refractivity contribution in [1.29, 1.82) is 0 Å². The fourth-order valence-corrected chi connectivity index (χ4v) is 2.39. The molecule has 0 aliphatic rings. The van der Waals surface area contributed by atoms with E-state index in [9.17, 15) is 4.79 Å². The fourth-order valence-electron chi connectivity index (χ4n) is 1.99. The maximum Gasteiger partial charge on any atom is 0.326 e. The van der Waals surface area contributed by atoms with E-state index in [2.05, 4.69) is 21.2 Å². The summed E-state index contributed by atoms with van der Waals surface area (Å²) in [6.45, 7) is 3.99. The van der Waals surface area contributed by atoms with Crippen molar-refractivity contribution in [3.8, 4) is 0 Å². The number of urea groups is 1. The fraction of sp³-hybridized carbons (Fsp3) is 0.188. The Kier molecular flexibility index (Phi) is 4.79. The number of benzene rings is 2. The van der Waals surface area contributed by atoms with Gasteiger partial charge in [-0.2, -0.15) is 0 Å². The van der Waals surface area contributed by atoms with Gasteiger partial charge in [0, 0.05) is 21.9 Å². The summed E-state index contributed by atoms with van der Waals surface area (Å²) in [5, 5.41) is 2.92. The second kappa shape index (κ2) is 6.57. The van der Waals surface area contributed by atoms with Crippen molar-refractivity contribution < 1.29 is 4.79 Å². The van der Waals surface area contributed by atoms with Crippen molar-refractivity contribution in [2.75, 3.05) is 10.2 Å². The molecule has 2 aromatic carbocycles. The van der Waals surface area contributed by atoms with Crippen LogP contribution in [0.25, 0.3) is 0 Å². The largest absolute Gasteiger partial charge is 0.326 e. The first-order chi connectivity index (χ1) is 9.58. The Labute approximate surface area is 127 Å². The minimum atomic E-state index is -0.135. The van der Waals surface area contributed by atoms with Crippen molar-refractivity contribution in [2.24, 2.45) is 0 Å². The van der Waals surface area contributed by atoms with Crippen molar-refractivity contribution in [1.82, 2.24) is 0 Å². The summed E-state index contributed by atoms with van der Waals surface area (Å²) in [5.41, 5.74) is 1.65. The summed E-state index contributed by atoms with van der Waals surface area (Å²) < 4.78 is 0.936. The molecule has 0 saturated carbocycles. The van der Waals surface area contributed by atoms with Crippen molar-refractivity contribution in [3.63, 3.8) is 0 Å². The van der Waals surface area contributed by atoms with Gasteiger partial charge < -0.3 is 5.32 Å². The molecule has 0 radical (unpaired) electrons. The van der Waals surface area contributed by atoms with Gasteiger partial charge in [-0.05, 0) is 44.2 Å². The maximum absolute atomic E-state index is 12.5. The number of nitrogens with one attached hydrogen (secondary N) is 1. The Hall–Kier alpha value is -1.81. The standard InChI is InChI=1S/C16H17BrN2O/c1-12(2)19(15-9-4-3-5-10-15)16(20)18-14-8-6-7-13(17)11-14/h3-12H,1-2H3,(H,18,20). The van der Waals surface area contributed by atoms with Crippen LogP contribution in [0.15, 0.2) is 59.1 Å². The predicted octanol–water partition coefficient (Wildman–Crippen LogP) is 4.90. The van der Waals surface area contributed by atoms with E-state index in [1.54, 1.807) is 4.90 Å². The molecule has 2 aromatic rings. The molecule has 3 nitrogen and oxygen atoms in total. The van der Waals surface area contributed by atoms with Crippen LogP contribution in [0.3, 0.4) is 0 Å². The van der Waals surface area contributed by atoms with E-state index in [1.807, 2.05) is 68.4 Å². The molecule has 1 N–H and O–H groups in total. The average molecular weight is 333 g/mol. The number of carbonyl (C=O) groups is 1. The Balaban J connectivity index is 2.20. The van der Waals surface area contributed by atoms with Crippen LogP contribution in [0.1, 0.15) is 13.8 Å². The van der Waals surface area contributed by atoms with Gasteiger partial charge in [-0.1, -0.05) is 40.2 Å². The Bertz CT molecular complexity index is 584. The summed E-state index contributed by atoms with van der Waals surface area (Å²) in [6, 6.07) is 17.2. The molecule has 2 rings (SSSR count). The van der Waals surface area contributed by atoms with Gasteiger partial charge in [0.2, 0.25) is 0 Å². The lowest BCUT2D eigenvalue weighted by atomic mass is 10.2. The SMILES string of the molecule is CC(C)N(C(=O)Nc1cccc(Br)c1)c1ccccc1. The summed E-state index contributed by atoms with van der Waals surface area (Å²) in [5.74, 6) is 0. The number of rotatable bonds is 3. The lowest BCUT2D eigenvalue weighted by Crippen LogP contribution is -2.40. The Morgan fingerprint density at radius 2 is 1.80 bits per heavy atom. The first-order valence-corrected chi connectivity index (χ1v) is 7.28. The first-order valence-electron chi connectivity index (χ1n) is 6.49. The molecule has 0 saturated heterocycles. The third-order valence-corrected chi connectivity index (χ3v) is 3.34. The highest BCUT2D eigenvalue weighted by atomic mass is 79.9. The first kappa shape index (κ1) is 14.6. The van der Waals surface area contributed by atoms with E-state index in [-0.39, 0.29) is 12.1 Å². The van der Waals surface area contributed by atoms with E-state index >= 15 is 0 Å². The molecule has 0 fully saturated rings. The zero-order valence-electron chi connectivity index (χ0n) is 11.5. The molecule has 0 unspecified atom stereocenters. The van der Waals surface area contributed by atoms with Crippen LogP contribution in [-0.4, -0.2) is 12.1 Å². The topological polar surface area (TPSA) is 32.3 Å². The van der Waals surface area contributed by atoms with Gasteiger partial charge in [0.05, 0.1) is 0 Å². The quantitative estimate of drug-likeness (QED) is 0.852. The molecule has 0 aliphatic heterocycles. The second-order valence-electron chi connectivity index (χ2n) is 4.74. The Morgan fingerprint density at radius 3 is 2.40 bits per heavy atom. The lowest BCUT2D eigenvalue weighted by molar-refractivity contribution is 0.255. The summed E-state index contributed by atoms with van der Waals surface area (Å²) >= 11 is 3.40. The van der Waals surface area contributed by atoms with E-state index in [0.29, 0.717) is 0 Å². The zero-order valence-corrected chi connectivity index (χ0v) is 13.1. The van der Waals surface area contributed by atoms with Crippen LogP contribution in [0, 0.1) is 0 Å². The number of hydrogen-bond donors (Lipinski definition) is 1. The molecule has 20 heavy (non-hydrogen) atoms. The van der Waals surface area contributed by atoms with Crippen LogP contribution in [-0.2, 0) is 0 Å². The minimum absolute atomic E-state index is 0.0737. The molecule has 0 spiro atoms. The van der Waals surface area contributed by atoms with E-state index in [0.717, 1.165) is 15.8 Å². The van der Waals surface area contributed by atoms with Crippen molar-refractivity contribution >= 4 is 33.3 Å². The van der Waals surface area contributed by atoms with Crippen molar-refractivity contribution in [2.45, 2.75) is 19.9 Å². The molecule has 0 heterocycles. The number of hydrogen-bond acceptors (Lipinski definition) is 1. The minimum Gasteiger partial charge on any atom is -0.307 e. The van der Waals surface area contributed by atoms with Gasteiger partial charge in [-0.25, -0.2) is 4.79 Å². The number of halogens is 1. The van der Waals surface area contributed by atoms with Crippen LogP contribution in [0.2, 0.25) is 0 Å². The highest BCUT2D eigenvalue weighted by Crippen LogP contribution is 2.20. The summed E-state index contributed by atoms with van der Waals surface area (Å²) in [6.07, 6.45) is 0. The number of carbonyl (C=O) groups excluding carboxylic acids is 1. The van der Waals surface area contributed by atoms with E-state index < -0.39 is 0 Å². The summed E-state index contributed by atoms with van der Waals surface area (Å²) in [7, 11) is 0. The van der Waals surface area contributed by atoms with Gasteiger partial charge in [0.1, 0.15) is 0 Å². The highest BCUT2D eigenvalue weighted by Gasteiger charge is 2.18. The number of para-hydroxylation sites is 1. The smallest absolute Gasteiger partial charge is 0.307 e. The van der Waals surface area contributed by atoms with Gasteiger partial charge in [0.25, 0.3) is 0 Å². The number of anilines is 2. The van der Waals surface area contributed by atoms with E-state index in [1.165, 1.54) is 0 Å². The van der Waals surface area contributed by atoms with Gasteiger partial charge in [-0.15, -0.1) is 0 Å². The van der Waals surface area contributed by atoms with Crippen molar-refractivity contribution in [3.05, 3.63) is 59.1 Å². The molecule has 0 aliphatic carbocycles. The monoisotopic (exact) mass is 332 g/mol. The molecule has 2 amide bonds. The number of nitrogens with zero attached hydrogens (tertiary/aromatic N) is 1. The Morgan fingerprint density at radius 1 is 1.10 bits per heavy atom. The van der Waals surface area contributed by atoms with Gasteiger partial charge >= 0.3 is 6.03 Å². The van der Waals surface area contributed by atoms with Crippen LogP contribution >= 0.6 is 15.9 Å². The summed E-state index contributed by atoms with van der Waals surface area (Å²) in [4.78, 5) is 14.2. The molecular formula is C16H17BrN2O. The zero-order chi connectivity index (χ0) is 14.5. The van der Waals surface area contributed by atoms with Crippen LogP contribution < -0.4 is 10.2 Å². The van der Waals surface area contributed by atoms with Gasteiger partial charge in [0.15, 0.2) is 0 Å². The molecular weight excluding hydrogens is 316 g/mol. The van der Waals surface area contributed by atoms with Crippen LogP contribution in [0.5, 0.6) is 0 Å². The highest BCUT2D eigenvalue weighted by molar-refractivity contribution is 9.10.